The van der Waals surface area contributed by atoms with Gasteiger partial charge in [-0.2, -0.15) is 4.98 Å². The average molecular weight is 237 g/mol. The van der Waals surface area contributed by atoms with Gasteiger partial charge in [0.15, 0.2) is 0 Å². The highest BCUT2D eigenvalue weighted by Gasteiger charge is 2.16. The maximum Gasteiger partial charge on any atom is 0.349 e. The minimum Gasteiger partial charge on any atom is -0.292 e. The lowest BCUT2D eigenvalue weighted by Gasteiger charge is -2.20. The average Bonchev–Trinajstić information content (AvgIpc) is 2.22. The van der Waals surface area contributed by atoms with Gasteiger partial charge in [0.2, 0.25) is 0 Å². The molecule has 0 N–H and O–H groups in total. The molecule has 4 heteroatoms. The molecule has 0 aromatic carbocycles. The number of hydrogen-bond acceptors (Lipinski definition) is 2. The van der Waals surface area contributed by atoms with E-state index in [4.69, 9.17) is 11.6 Å². The highest BCUT2D eigenvalue weighted by atomic mass is 35.5. The second-order valence-corrected chi connectivity index (χ2v) is 4.23. The fourth-order valence-electron chi connectivity index (χ4n) is 1.94. The maximum atomic E-state index is 11.7. The molecule has 0 fully saturated rings. The second kappa shape index (κ2) is 4.26. The van der Waals surface area contributed by atoms with Crippen molar-refractivity contribution in [3.05, 3.63) is 45.1 Å². The summed E-state index contributed by atoms with van der Waals surface area (Å²) in [4.78, 5) is 15.4. The second-order valence-electron chi connectivity index (χ2n) is 3.84. The van der Waals surface area contributed by atoms with E-state index >= 15 is 0 Å². The van der Waals surface area contributed by atoms with Crippen molar-refractivity contribution in [3.8, 4) is 0 Å². The van der Waals surface area contributed by atoms with E-state index < -0.39 is 0 Å². The predicted octanol–water partition coefficient (Wildman–Crippen LogP) is 2.65. The van der Waals surface area contributed by atoms with Crippen LogP contribution in [0.25, 0.3) is 5.57 Å². The van der Waals surface area contributed by atoms with Gasteiger partial charge in [0.05, 0.1) is 5.69 Å². The monoisotopic (exact) mass is 236 g/mol. The van der Waals surface area contributed by atoms with E-state index in [2.05, 4.69) is 11.9 Å². The molecular weight excluding hydrogens is 224 g/mol. The van der Waals surface area contributed by atoms with Gasteiger partial charge in [-0.15, -0.1) is 0 Å². The van der Waals surface area contributed by atoms with Gasteiger partial charge >= 0.3 is 5.69 Å². The summed E-state index contributed by atoms with van der Waals surface area (Å²) in [5, 5.41) is 0.257. The Hall–Kier alpha value is -1.35. The summed E-state index contributed by atoms with van der Waals surface area (Å²) >= 11 is 5.82. The Kier molecular flexibility index (Phi) is 2.97. The maximum absolute atomic E-state index is 11.7. The van der Waals surface area contributed by atoms with Crippen molar-refractivity contribution in [2.75, 3.05) is 0 Å². The van der Waals surface area contributed by atoms with Crippen LogP contribution in [0.1, 0.15) is 26.0 Å². The largest absolute Gasteiger partial charge is 0.349 e. The summed E-state index contributed by atoms with van der Waals surface area (Å²) in [6.45, 7) is 4.73. The Bertz CT molecular complexity index is 540. The Labute approximate surface area is 99.1 Å². The third kappa shape index (κ3) is 1.83. The van der Waals surface area contributed by atoms with Crippen LogP contribution in [0.5, 0.6) is 0 Å². The van der Waals surface area contributed by atoms with Gasteiger partial charge < -0.3 is 0 Å². The van der Waals surface area contributed by atoms with Gasteiger partial charge in [-0.3, -0.25) is 4.57 Å². The zero-order valence-electron chi connectivity index (χ0n) is 9.33. The van der Waals surface area contributed by atoms with Gasteiger partial charge in [-0.1, -0.05) is 29.3 Å². The fourth-order valence-corrected chi connectivity index (χ4v) is 2.12. The molecule has 2 rings (SSSR count). The van der Waals surface area contributed by atoms with Crippen LogP contribution in [0.3, 0.4) is 0 Å². The van der Waals surface area contributed by atoms with E-state index in [1.54, 1.807) is 10.6 Å². The third-order valence-electron chi connectivity index (χ3n) is 2.76. The van der Waals surface area contributed by atoms with Crippen molar-refractivity contribution in [2.24, 2.45) is 0 Å². The first-order chi connectivity index (χ1) is 7.63. The zero-order chi connectivity index (χ0) is 11.7. The van der Waals surface area contributed by atoms with Crippen LogP contribution in [0, 0.1) is 0 Å². The molecule has 1 aromatic rings. The normalized spacial score (nSPS) is 15.7. The van der Waals surface area contributed by atoms with Crippen LogP contribution in [0.4, 0.5) is 0 Å². The van der Waals surface area contributed by atoms with E-state index in [9.17, 15) is 4.79 Å². The van der Waals surface area contributed by atoms with E-state index in [-0.39, 0.29) is 10.8 Å². The highest BCUT2D eigenvalue weighted by molar-refractivity contribution is 6.29. The minimum atomic E-state index is -0.267. The first-order valence-electron chi connectivity index (χ1n) is 5.23. The van der Waals surface area contributed by atoms with E-state index in [0.717, 1.165) is 17.7 Å². The molecule has 0 atom stereocenters. The molecule has 0 amide bonds. The summed E-state index contributed by atoms with van der Waals surface area (Å²) in [6.07, 6.45) is 4.86. The first kappa shape index (κ1) is 11.1. The molecule has 0 spiro atoms. The number of aromatic nitrogens is 2. The van der Waals surface area contributed by atoms with Crippen molar-refractivity contribution in [3.63, 3.8) is 0 Å². The number of rotatable bonds is 1. The van der Waals surface area contributed by atoms with Crippen molar-refractivity contribution in [2.45, 2.75) is 26.8 Å². The summed E-state index contributed by atoms with van der Waals surface area (Å²) in [7, 11) is 0. The Morgan fingerprint density at radius 2 is 2.31 bits per heavy atom. The number of allylic oxidation sites excluding steroid dienone is 4. The van der Waals surface area contributed by atoms with Crippen LogP contribution >= 0.6 is 11.6 Å². The summed E-state index contributed by atoms with van der Waals surface area (Å²) in [5.74, 6) is 0. The molecule has 1 aliphatic heterocycles. The molecule has 1 aliphatic rings. The Morgan fingerprint density at radius 3 is 3.00 bits per heavy atom. The Morgan fingerprint density at radius 1 is 1.56 bits per heavy atom. The van der Waals surface area contributed by atoms with Crippen molar-refractivity contribution < 1.29 is 0 Å². The quantitative estimate of drug-likeness (QED) is 0.703. The molecule has 2 heterocycles. The predicted molar refractivity (Wildman–Crippen MR) is 65.5 cm³/mol. The van der Waals surface area contributed by atoms with Crippen molar-refractivity contribution in [1.82, 2.24) is 9.55 Å². The van der Waals surface area contributed by atoms with Crippen LogP contribution in [0.15, 0.2) is 28.6 Å². The van der Waals surface area contributed by atoms with Gasteiger partial charge in [-0.25, -0.2) is 4.79 Å². The third-order valence-corrected chi connectivity index (χ3v) is 2.95. The SMILES string of the molecule is CC=CC1=C(C)CCn2c1cc(Cl)nc2=O. The van der Waals surface area contributed by atoms with Crippen LogP contribution in [-0.2, 0) is 6.54 Å². The van der Waals surface area contributed by atoms with Gasteiger partial charge in [0.25, 0.3) is 0 Å². The van der Waals surface area contributed by atoms with Gasteiger partial charge in [0, 0.05) is 12.6 Å². The fraction of sp³-hybridized carbons (Fsp3) is 0.333. The van der Waals surface area contributed by atoms with Crippen LogP contribution < -0.4 is 5.69 Å². The lowest BCUT2D eigenvalue weighted by atomic mass is 9.99. The lowest BCUT2D eigenvalue weighted by molar-refractivity contribution is 0.623. The molecule has 0 saturated heterocycles. The molecular formula is C12H13ClN2O. The number of hydrogen-bond donors (Lipinski definition) is 0. The number of nitrogens with zero attached hydrogens (tertiary/aromatic N) is 2. The number of halogens is 1. The van der Waals surface area contributed by atoms with Gasteiger partial charge in [-0.05, 0) is 25.8 Å². The topological polar surface area (TPSA) is 34.9 Å². The molecule has 0 unspecified atom stereocenters. The van der Waals surface area contributed by atoms with E-state index in [1.807, 2.05) is 19.1 Å². The molecule has 3 nitrogen and oxygen atoms in total. The summed E-state index contributed by atoms with van der Waals surface area (Å²) in [5.41, 5.74) is 2.96. The molecule has 0 aliphatic carbocycles. The Balaban J connectivity index is 2.71. The van der Waals surface area contributed by atoms with Crippen LogP contribution in [-0.4, -0.2) is 9.55 Å². The molecule has 16 heavy (non-hydrogen) atoms. The zero-order valence-corrected chi connectivity index (χ0v) is 10.1. The first-order valence-corrected chi connectivity index (χ1v) is 5.61. The number of fused-ring (bicyclic) bond motifs is 1. The summed E-state index contributed by atoms with van der Waals surface area (Å²) in [6, 6.07) is 1.75. The molecule has 0 saturated carbocycles. The van der Waals surface area contributed by atoms with Gasteiger partial charge in [0.1, 0.15) is 5.15 Å². The summed E-state index contributed by atoms with van der Waals surface area (Å²) < 4.78 is 1.67. The molecule has 84 valence electrons. The molecule has 0 bridgehead atoms. The standard InChI is InChI=1S/C12H13ClN2O/c1-3-4-9-8(2)5-6-15-10(9)7-11(13)14-12(15)16/h3-4,7H,5-6H2,1-2H3. The van der Waals surface area contributed by atoms with E-state index in [1.165, 1.54) is 5.57 Å². The van der Waals surface area contributed by atoms with Crippen LogP contribution in [0.2, 0.25) is 5.15 Å². The molecule has 1 aromatic heterocycles. The smallest absolute Gasteiger partial charge is 0.292 e. The van der Waals surface area contributed by atoms with E-state index in [0.29, 0.717) is 6.54 Å². The van der Waals surface area contributed by atoms with Crippen molar-refractivity contribution in [1.29, 1.82) is 0 Å². The highest BCUT2D eigenvalue weighted by Crippen LogP contribution is 2.27. The minimum absolute atomic E-state index is 0.257. The molecule has 0 radical (unpaired) electrons. The van der Waals surface area contributed by atoms with Crippen molar-refractivity contribution >= 4 is 17.2 Å². The lowest BCUT2D eigenvalue weighted by Crippen LogP contribution is -2.28.